The van der Waals surface area contributed by atoms with Gasteiger partial charge in [-0.2, -0.15) is 0 Å². The summed E-state index contributed by atoms with van der Waals surface area (Å²) < 4.78 is 0. The first kappa shape index (κ1) is 22.1. The van der Waals surface area contributed by atoms with Crippen molar-refractivity contribution in [2.24, 2.45) is 0 Å². The molecule has 0 unspecified atom stereocenters. The Morgan fingerprint density at radius 3 is 1.89 bits per heavy atom. The summed E-state index contributed by atoms with van der Waals surface area (Å²) in [5, 5.41) is 9.09. The van der Waals surface area contributed by atoms with Gasteiger partial charge in [-0.15, -0.1) is 0 Å². The van der Waals surface area contributed by atoms with Crippen LogP contribution in [0.4, 0.5) is 0 Å². The van der Waals surface area contributed by atoms with Gasteiger partial charge >= 0.3 is 0 Å². The third kappa shape index (κ3) is 6.18. The van der Waals surface area contributed by atoms with E-state index in [4.69, 9.17) is 20.1 Å². The predicted molar refractivity (Wildman–Crippen MR) is 114 cm³/mol. The van der Waals surface area contributed by atoms with Crippen LogP contribution in [0.3, 0.4) is 0 Å². The zero-order valence-corrected chi connectivity index (χ0v) is 16.5. The van der Waals surface area contributed by atoms with Crippen molar-refractivity contribution in [2.75, 3.05) is 0 Å². The summed E-state index contributed by atoms with van der Waals surface area (Å²) >= 11 is 0. The molecule has 2 aliphatic rings. The predicted octanol–water partition coefficient (Wildman–Crippen LogP) is 6.95. The van der Waals surface area contributed by atoms with Gasteiger partial charge in [-0.3, -0.25) is 5.26 Å². The SMILES string of the molecule is O=O.OOC1(c2ccccc2)CCCCC1.c1ccc(C2CC[CH+]CC2)cc1. The summed E-state index contributed by atoms with van der Waals surface area (Å²) in [6, 6.07) is 20.9. The minimum Gasteiger partial charge on any atom is -0.251 e. The molecule has 2 aliphatic carbocycles. The van der Waals surface area contributed by atoms with E-state index in [2.05, 4.69) is 36.8 Å². The average Bonchev–Trinajstić information content (AvgIpc) is 2.83. The highest BCUT2D eigenvalue weighted by molar-refractivity contribution is 5.23. The molecule has 0 heterocycles. The first-order valence-corrected chi connectivity index (χ1v) is 10.3. The van der Waals surface area contributed by atoms with E-state index < -0.39 is 5.60 Å². The minimum absolute atomic E-state index is 0.431. The van der Waals surface area contributed by atoms with Crippen LogP contribution in [0.5, 0.6) is 0 Å². The van der Waals surface area contributed by atoms with Crippen molar-refractivity contribution in [1.29, 1.82) is 0 Å². The molecule has 0 amide bonds. The molecule has 150 valence electrons. The summed E-state index contributed by atoms with van der Waals surface area (Å²) in [6.45, 7) is 0. The standard InChI is InChI=1S/C12H16O2.C12H15.O2/c13-14-12(9-5-2-6-10-12)11-7-3-1-4-8-11;1-3-7-11(8-4-1)12-9-5-2-6-10-12;1-2/h1,3-4,7-8,13H,2,5-6,9-10H2;1-4,7-8,12H,5-6,9-10H2;/q;+1;. The molecule has 0 aliphatic heterocycles. The Morgan fingerprint density at radius 2 is 1.36 bits per heavy atom. The Bertz CT molecular complexity index is 632. The Balaban J connectivity index is 0.000000186. The van der Waals surface area contributed by atoms with Gasteiger partial charge in [-0.05, 0) is 42.7 Å². The molecule has 0 spiro atoms. The van der Waals surface area contributed by atoms with Crippen LogP contribution in [0.1, 0.15) is 74.8 Å². The van der Waals surface area contributed by atoms with Crippen molar-refractivity contribution in [3.8, 4) is 0 Å². The van der Waals surface area contributed by atoms with Crippen LogP contribution in [0.15, 0.2) is 60.7 Å². The van der Waals surface area contributed by atoms with Crippen LogP contribution in [0, 0.1) is 16.4 Å². The maximum atomic E-state index is 9.09. The van der Waals surface area contributed by atoms with E-state index in [0.717, 1.165) is 37.2 Å². The molecule has 0 bridgehead atoms. The van der Waals surface area contributed by atoms with Crippen LogP contribution in [0.25, 0.3) is 0 Å². The Labute approximate surface area is 168 Å². The van der Waals surface area contributed by atoms with Gasteiger partial charge in [0.2, 0.25) is 0 Å². The van der Waals surface area contributed by atoms with Gasteiger partial charge in [-0.1, -0.05) is 79.9 Å². The monoisotopic (exact) mass is 383 g/mol. The van der Waals surface area contributed by atoms with Gasteiger partial charge in [-0.25, -0.2) is 4.89 Å². The highest BCUT2D eigenvalue weighted by Gasteiger charge is 2.35. The van der Waals surface area contributed by atoms with Crippen LogP contribution < -0.4 is 0 Å². The third-order valence-corrected chi connectivity index (χ3v) is 5.85. The van der Waals surface area contributed by atoms with E-state index in [9.17, 15) is 0 Å². The van der Waals surface area contributed by atoms with Crippen LogP contribution >= 0.6 is 0 Å². The summed E-state index contributed by atoms with van der Waals surface area (Å²) in [7, 11) is 0. The second-order valence-corrected chi connectivity index (χ2v) is 7.56. The lowest BCUT2D eigenvalue weighted by Crippen LogP contribution is -2.31. The Hall–Kier alpha value is -2.17. The molecule has 0 radical (unpaired) electrons. The molecule has 2 fully saturated rings. The fourth-order valence-corrected chi connectivity index (χ4v) is 4.28. The van der Waals surface area contributed by atoms with Gasteiger partial charge in [0.05, 0.1) is 19.3 Å². The van der Waals surface area contributed by atoms with Gasteiger partial charge in [0.25, 0.3) is 0 Å². The normalized spacial score (nSPS) is 18.5. The summed E-state index contributed by atoms with van der Waals surface area (Å²) in [6.07, 6.45) is 13.1. The van der Waals surface area contributed by atoms with Gasteiger partial charge in [0, 0.05) is 9.93 Å². The molecule has 28 heavy (non-hydrogen) atoms. The zero-order chi connectivity index (χ0) is 20.1. The molecule has 2 aromatic rings. The second kappa shape index (κ2) is 12.3. The summed E-state index contributed by atoms with van der Waals surface area (Å²) in [5.74, 6) is 0.830. The lowest BCUT2D eigenvalue weighted by molar-refractivity contribution is -0.337. The number of benzene rings is 2. The van der Waals surface area contributed by atoms with Crippen LogP contribution in [-0.2, 0) is 10.5 Å². The first-order valence-electron chi connectivity index (χ1n) is 10.3. The maximum Gasteiger partial charge on any atom is 0.128 e. The molecule has 4 nitrogen and oxygen atoms in total. The number of hydrogen-bond donors (Lipinski definition) is 1. The largest absolute Gasteiger partial charge is 0.251 e. The molecule has 2 saturated carbocycles. The Morgan fingerprint density at radius 1 is 0.821 bits per heavy atom. The molecule has 4 rings (SSSR count). The topological polar surface area (TPSA) is 63.6 Å². The number of hydrogen-bond acceptors (Lipinski definition) is 4. The summed E-state index contributed by atoms with van der Waals surface area (Å²) in [4.78, 5) is 18.8. The highest BCUT2D eigenvalue weighted by Crippen LogP contribution is 2.39. The molecule has 2 aromatic carbocycles. The van der Waals surface area contributed by atoms with Crippen molar-refractivity contribution in [3.05, 3.63) is 88.1 Å². The van der Waals surface area contributed by atoms with E-state index in [1.54, 1.807) is 0 Å². The van der Waals surface area contributed by atoms with E-state index in [1.807, 2.05) is 30.3 Å². The smallest absolute Gasteiger partial charge is 0.128 e. The molecule has 1 N–H and O–H groups in total. The number of rotatable bonds is 3. The molecule has 0 aromatic heterocycles. The quantitative estimate of drug-likeness (QED) is 0.354. The van der Waals surface area contributed by atoms with Crippen LogP contribution in [0.2, 0.25) is 0 Å². The van der Waals surface area contributed by atoms with E-state index in [-0.39, 0.29) is 0 Å². The van der Waals surface area contributed by atoms with E-state index in [0.29, 0.717) is 0 Å². The van der Waals surface area contributed by atoms with Crippen molar-refractivity contribution >= 4 is 0 Å². The van der Waals surface area contributed by atoms with Crippen molar-refractivity contribution in [2.45, 2.75) is 69.3 Å². The van der Waals surface area contributed by atoms with Gasteiger partial charge in [0.15, 0.2) is 0 Å². The fraction of sp³-hybridized carbons (Fsp3) is 0.458. The van der Waals surface area contributed by atoms with Crippen molar-refractivity contribution in [1.82, 2.24) is 0 Å². The lowest BCUT2D eigenvalue weighted by atomic mass is 9.80. The van der Waals surface area contributed by atoms with Gasteiger partial charge in [0.1, 0.15) is 5.60 Å². The van der Waals surface area contributed by atoms with E-state index in [1.165, 1.54) is 37.7 Å². The molecule has 0 saturated heterocycles. The maximum absolute atomic E-state index is 9.09. The molecular formula is C24H31O4+. The van der Waals surface area contributed by atoms with Gasteiger partial charge < -0.3 is 0 Å². The Kier molecular flexibility index (Phi) is 9.73. The third-order valence-electron chi connectivity index (χ3n) is 5.85. The molecule has 0 atom stereocenters. The minimum atomic E-state index is -0.431. The average molecular weight is 384 g/mol. The van der Waals surface area contributed by atoms with Crippen LogP contribution in [-0.4, -0.2) is 5.26 Å². The lowest BCUT2D eigenvalue weighted by Gasteiger charge is -2.34. The highest BCUT2D eigenvalue weighted by atomic mass is 17.1. The second-order valence-electron chi connectivity index (χ2n) is 7.56. The van der Waals surface area contributed by atoms with Crippen molar-refractivity contribution in [3.63, 3.8) is 0 Å². The molecular weight excluding hydrogens is 352 g/mol. The summed E-state index contributed by atoms with van der Waals surface area (Å²) in [5.41, 5.74) is 2.20. The zero-order valence-electron chi connectivity index (χ0n) is 16.5. The first-order chi connectivity index (χ1) is 13.8. The van der Waals surface area contributed by atoms with E-state index >= 15 is 0 Å². The van der Waals surface area contributed by atoms with Crippen molar-refractivity contribution < 1.29 is 10.1 Å². The fourth-order valence-electron chi connectivity index (χ4n) is 4.28. The molecule has 4 heteroatoms.